The van der Waals surface area contributed by atoms with Gasteiger partial charge >= 0.3 is 0 Å². The molecule has 0 atom stereocenters. The summed E-state index contributed by atoms with van der Waals surface area (Å²) in [4.78, 5) is 14.4. The highest BCUT2D eigenvalue weighted by Gasteiger charge is 2.17. The van der Waals surface area contributed by atoms with Gasteiger partial charge in [0.05, 0.1) is 9.95 Å². The Balaban J connectivity index is 2.06. The summed E-state index contributed by atoms with van der Waals surface area (Å²) in [6.45, 7) is 3.33. The van der Waals surface area contributed by atoms with Crippen molar-refractivity contribution < 1.29 is 9.66 Å². The van der Waals surface area contributed by atoms with E-state index in [0.29, 0.717) is 10.8 Å². The molecule has 17 heavy (non-hydrogen) atoms. The number of aromatic nitrogens is 1. The zero-order valence-corrected chi connectivity index (χ0v) is 10.4. The zero-order valence-electron chi connectivity index (χ0n) is 9.59. The summed E-state index contributed by atoms with van der Waals surface area (Å²) < 4.78 is 5.29. The van der Waals surface area contributed by atoms with Crippen LogP contribution in [0, 0.1) is 17.0 Å². The van der Waals surface area contributed by atoms with E-state index in [1.807, 2.05) is 0 Å². The molecule has 1 aromatic rings. The van der Waals surface area contributed by atoms with Gasteiger partial charge in [0.1, 0.15) is 6.20 Å². The highest BCUT2D eigenvalue weighted by molar-refractivity contribution is 7.99. The molecule has 1 aliphatic heterocycles. The molecule has 0 saturated carbocycles. The molecule has 2 heterocycles. The van der Waals surface area contributed by atoms with E-state index in [1.165, 1.54) is 6.20 Å². The van der Waals surface area contributed by atoms with E-state index >= 15 is 0 Å². The molecule has 6 heteroatoms. The summed E-state index contributed by atoms with van der Waals surface area (Å²) in [6.07, 6.45) is 3.38. The van der Waals surface area contributed by atoms with Crippen molar-refractivity contribution in [3.05, 3.63) is 27.9 Å². The van der Waals surface area contributed by atoms with Crippen molar-refractivity contribution in [2.24, 2.45) is 0 Å². The first-order chi connectivity index (χ1) is 8.16. The maximum Gasteiger partial charge on any atom is 0.290 e. The van der Waals surface area contributed by atoms with Gasteiger partial charge in [-0.1, -0.05) is 0 Å². The van der Waals surface area contributed by atoms with E-state index < -0.39 is 4.92 Å². The predicted octanol–water partition coefficient (Wildman–Crippen LogP) is 2.57. The van der Waals surface area contributed by atoms with Gasteiger partial charge in [0.25, 0.3) is 5.69 Å². The lowest BCUT2D eigenvalue weighted by molar-refractivity contribution is -0.385. The number of ether oxygens (including phenoxy) is 1. The largest absolute Gasteiger partial charge is 0.381 e. The number of rotatable bonds is 3. The summed E-state index contributed by atoms with van der Waals surface area (Å²) in [7, 11) is 0. The van der Waals surface area contributed by atoms with Crippen molar-refractivity contribution >= 4 is 17.4 Å². The highest BCUT2D eigenvalue weighted by Crippen LogP contribution is 2.30. The summed E-state index contributed by atoms with van der Waals surface area (Å²) >= 11 is 1.69. The predicted molar refractivity (Wildman–Crippen MR) is 65.3 cm³/mol. The van der Waals surface area contributed by atoms with Crippen molar-refractivity contribution in [2.45, 2.75) is 30.0 Å². The number of nitrogens with zero attached hydrogens (tertiary/aromatic N) is 2. The van der Waals surface area contributed by atoms with Gasteiger partial charge in [0, 0.05) is 24.0 Å². The van der Waals surface area contributed by atoms with Crippen LogP contribution in [0.5, 0.6) is 0 Å². The SMILES string of the molecule is Cc1cc(SC2CCOCC2)ncc1[N+](=O)[O-]. The first kappa shape index (κ1) is 12.3. The van der Waals surface area contributed by atoms with Gasteiger partial charge in [0.2, 0.25) is 0 Å². The molecule has 0 aliphatic carbocycles. The minimum atomic E-state index is -0.398. The Bertz CT molecular complexity index is 419. The maximum absolute atomic E-state index is 10.7. The molecular formula is C11H14N2O3S. The minimum absolute atomic E-state index is 0.0846. The number of pyridine rings is 1. The molecule has 1 aromatic heterocycles. The van der Waals surface area contributed by atoms with E-state index in [1.54, 1.807) is 24.8 Å². The number of hydrogen-bond acceptors (Lipinski definition) is 5. The highest BCUT2D eigenvalue weighted by atomic mass is 32.2. The Morgan fingerprint density at radius 2 is 2.24 bits per heavy atom. The fourth-order valence-electron chi connectivity index (χ4n) is 1.74. The monoisotopic (exact) mass is 254 g/mol. The average molecular weight is 254 g/mol. The third-order valence-corrected chi connectivity index (χ3v) is 3.98. The van der Waals surface area contributed by atoms with E-state index in [0.717, 1.165) is 31.1 Å². The van der Waals surface area contributed by atoms with Gasteiger partial charge in [-0.15, -0.1) is 11.8 Å². The van der Waals surface area contributed by atoms with Gasteiger partial charge in [0.15, 0.2) is 0 Å². The second-order valence-corrected chi connectivity index (χ2v) is 5.32. The van der Waals surface area contributed by atoms with Crippen LogP contribution in [0.15, 0.2) is 17.3 Å². The lowest BCUT2D eigenvalue weighted by Crippen LogP contribution is -2.17. The summed E-state index contributed by atoms with van der Waals surface area (Å²) in [5.74, 6) is 0. The molecule has 1 saturated heterocycles. The van der Waals surface area contributed by atoms with Gasteiger partial charge in [-0.25, -0.2) is 4.98 Å². The van der Waals surface area contributed by atoms with Crippen LogP contribution < -0.4 is 0 Å². The van der Waals surface area contributed by atoms with Crippen LogP contribution >= 0.6 is 11.8 Å². The van der Waals surface area contributed by atoms with Crippen LogP contribution in [0.1, 0.15) is 18.4 Å². The molecule has 0 aromatic carbocycles. The Morgan fingerprint density at radius 3 is 2.82 bits per heavy atom. The van der Waals surface area contributed by atoms with E-state index in [9.17, 15) is 10.1 Å². The molecule has 1 fully saturated rings. The lowest BCUT2D eigenvalue weighted by Gasteiger charge is -2.20. The lowest BCUT2D eigenvalue weighted by atomic mass is 10.2. The Kier molecular flexibility index (Phi) is 3.96. The molecule has 0 radical (unpaired) electrons. The molecule has 0 unspecified atom stereocenters. The van der Waals surface area contributed by atoms with Crippen LogP contribution in [0.2, 0.25) is 0 Å². The van der Waals surface area contributed by atoms with Crippen LogP contribution in [0.25, 0.3) is 0 Å². The van der Waals surface area contributed by atoms with Crippen molar-refractivity contribution in [1.29, 1.82) is 0 Å². The molecular weight excluding hydrogens is 240 g/mol. The second kappa shape index (κ2) is 5.46. The Labute approximate surface area is 104 Å². The van der Waals surface area contributed by atoms with E-state index in [2.05, 4.69) is 4.98 Å². The normalized spacial score (nSPS) is 17.0. The first-order valence-electron chi connectivity index (χ1n) is 5.52. The number of hydrogen-bond donors (Lipinski definition) is 0. The van der Waals surface area contributed by atoms with Crippen molar-refractivity contribution in [1.82, 2.24) is 4.98 Å². The Morgan fingerprint density at radius 1 is 1.53 bits per heavy atom. The molecule has 1 aliphatic rings. The smallest absolute Gasteiger partial charge is 0.290 e. The molecule has 0 bridgehead atoms. The molecule has 5 nitrogen and oxygen atoms in total. The summed E-state index contributed by atoms with van der Waals surface area (Å²) in [6, 6.07) is 1.79. The van der Waals surface area contributed by atoms with Crippen molar-refractivity contribution in [3.8, 4) is 0 Å². The van der Waals surface area contributed by atoms with Crippen LogP contribution in [-0.2, 0) is 4.74 Å². The van der Waals surface area contributed by atoms with E-state index in [-0.39, 0.29) is 5.69 Å². The third kappa shape index (κ3) is 3.17. The fraction of sp³-hybridized carbons (Fsp3) is 0.545. The van der Waals surface area contributed by atoms with Crippen LogP contribution in [0.3, 0.4) is 0 Å². The van der Waals surface area contributed by atoms with E-state index in [4.69, 9.17) is 4.74 Å². The quantitative estimate of drug-likeness (QED) is 0.612. The topological polar surface area (TPSA) is 65.3 Å². The standard InChI is InChI=1S/C11H14N2O3S/c1-8-6-11(12-7-10(8)13(14)15)17-9-2-4-16-5-3-9/h6-7,9H,2-5H2,1H3. The van der Waals surface area contributed by atoms with Gasteiger partial charge in [-0.3, -0.25) is 10.1 Å². The fourth-order valence-corrected chi connectivity index (χ4v) is 2.87. The molecule has 92 valence electrons. The minimum Gasteiger partial charge on any atom is -0.381 e. The third-order valence-electron chi connectivity index (χ3n) is 2.71. The van der Waals surface area contributed by atoms with Crippen LogP contribution in [0.4, 0.5) is 5.69 Å². The van der Waals surface area contributed by atoms with Crippen LogP contribution in [-0.4, -0.2) is 28.4 Å². The number of thioether (sulfide) groups is 1. The van der Waals surface area contributed by atoms with Gasteiger partial charge < -0.3 is 4.74 Å². The molecule has 2 rings (SSSR count). The molecule has 0 spiro atoms. The first-order valence-corrected chi connectivity index (χ1v) is 6.40. The average Bonchev–Trinajstić information content (AvgIpc) is 2.30. The number of nitro groups is 1. The van der Waals surface area contributed by atoms with Gasteiger partial charge in [-0.05, 0) is 25.8 Å². The molecule has 0 amide bonds. The Hall–Kier alpha value is -1.14. The second-order valence-electron chi connectivity index (χ2n) is 4.00. The van der Waals surface area contributed by atoms with Crippen molar-refractivity contribution in [2.75, 3.05) is 13.2 Å². The van der Waals surface area contributed by atoms with Gasteiger partial charge in [-0.2, -0.15) is 0 Å². The maximum atomic E-state index is 10.7. The summed E-state index contributed by atoms with van der Waals surface area (Å²) in [5, 5.41) is 12.0. The molecule has 0 N–H and O–H groups in total. The number of aryl methyl sites for hydroxylation is 1. The van der Waals surface area contributed by atoms with Crippen molar-refractivity contribution in [3.63, 3.8) is 0 Å². The summed E-state index contributed by atoms with van der Waals surface area (Å²) in [5.41, 5.74) is 0.751. The zero-order chi connectivity index (χ0) is 12.3.